The van der Waals surface area contributed by atoms with Gasteiger partial charge >= 0.3 is 11.9 Å². The number of aliphatic carboxylic acids is 1. The van der Waals surface area contributed by atoms with Crippen molar-refractivity contribution >= 4 is 11.9 Å². The molecule has 6 nitrogen and oxygen atoms in total. The van der Waals surface area contributed by atoms with E-state index < -0.39 is 22.7 Å². The lowest BCUT2D eigenvalue weighted by molar-refractivity contribution is -1.07. The molecule has 0 saturated carbocycles. The average molecular weight is 220 g/mol. The van der Waals surface area contributed by atoms with Crippen molar-refractivity contribution in [3.05, 3.63) is 0 Å². The predicted molar refractivity (Wildman–Crippen MR) is 51.2 cm³/mol. The Bertz CT molecular complexity index is 233. The van der Waals surface area contributed by atoms with Crippen molar-refractivity contribution in [3.8, 4) is 0 Å². The molecule has 0 aromatic carbocycles. The number of likely N-dealkylation sites (N-methyl/N-ethyl adjacent to an activating group) is 1. The van der Waals surface area contributed by atoms with Gasteiger partial charge in [-0.2, -0.15) is 4.65 Å². The molecular weight excluding hydrogens is 202 g/mol. The fourth-order valence-corrected chi connectivity index (χ4v) is 1.11. The van der Waals surface area contributed by atoms with Crippen molar-refractivity contribution in [1.82, 2.24) is 0 Å². The summed E-state index contributed by atoms with van der Waals surface area (Å²) >= 11 is 0. The van der Waals surface area contributed by atoms with Crippen LogP contribution in [0.2, 0.25) is 0 Å². The number of ether oxygens (including phenoxy) is 1. The van der Waals surface area contributed by atoms with Crippen LogP contribution in [0.5, 0.6) is 0 Å². The third-order valence-corrected chi connectivity index (χ3v) is 1.64. The third kappa shape index (κ3) is 7.90. The summed E-state index contributed by atoms with van der Waals surface area (Å²) in [4.78, 5) is 21.5. The van der Waals surface area contributed by atoms with Crippen LogP contribution in [0, 0.1) is 0 Å². The molecular formula is C9H18NO5+. The highest BCUT2D eigenvalue weighted by molar-refractivity contribution is 5.71. The molecule has 0 aromatic rings. The fraction of sp³-hybridized carbons (Fsp3) is 0.778. The lowest BCUT2D eigenvalue weighted by atomic mass is 10.2. The number of quaternary nitrogens is 1. The minimum Gasteiger partial charge on any atom is -0.481 e. The molecule has 15 heavy (non-hydrogen) atoms. The van der Waals surface area contributed by atoms with Gasteiger partial charge in [0.1, 0.15) is 6.54 Å². The van der Waals surface area contributed by atoms with E-state index in [9.17, 15) is 14.8 Å². The van der Waals surface area contributed by atoms with Crippen LogP contribution >= 0.6 is 0 Å². The number of carbonyl (C=O) groups excluding carboxylic acids is 1. The Morgan fingerprint density at radius 1 is 1.40 bits per heavy atom. The van der Waals surface area contributed by atoms with Gasteiger partial charge in [0, 0.05) is 6.42 Å². The molecule has 0 amide bonds. The van der Waals surface area contributed by atoms with E-state index in [1.54, 1.807) is 6.92 Å². The molecule has 0 saturated heterocycles. The number of hydroxylamine groups is 3. The Kier molecular flexibility index (Phi) is 5.24. The summed E-state index contributed by atoms with van der Waals surface area (Å²) in [6.07, 6.45) is -0.905. The maximum Gasteiger partial charge on any atom is 0.307 e. The summed E-state index contributed by atoms with van der Waals surface area (Å²) < 4.78 is 4.46. The minimum atomic E-state index is -1.06. The Morgan fingerprint density at radius 2 is 1.93 bits per heavy atom. The van der Waals surface area contributed by atoms with Gasteiger partial charge in [0.05, 0.1) is 20.5 Å². The number of hydrogen-bond acceptors (Lipinski definition) is 4. The van der Waals surface area contributed by atoms with E-state index in [0.29, 0.717) is 0 Å². The minimum absolute atomic E-state index is 0.0536. The standard InChI is InChI=1S/C9H17NO5/c1-4-9(13)15-7(5-8(11)12)6-10(2,3)14/h7,14H,4-6H2,1-3H3/p+1. The molecule has 0 aliphatic heterocycles. The Hall–Kier alpha value is -1.14. The summed E-state index contributed by atoms with van der Waals surface area (Å²) in [5.74, 6) is -1.52. The quantitative estimate of drug-likeness (QED) is 0.381. The molecule has 2 N–H and O–H groups in total. The maximum atomic E-state index is 11.0. The summed E-state index contributed by atoms with van der Waals surface area (Å²) in [6, 6.07) is 0. The number of rotatable bonds is 6. The number of carbonyl (C=O) groups is 2. The molecule has 0 spiro atoms. The van der Waals surface area contributed by atoms with Crippen LogP contribution in [-0.2, 0) is 14.3 Å². The van der Waals surface area contributed by atoms with Gasteiger partial charge in [0.25, 0.3) is 0 Å². The van der Waals surface area contributed by atoms with Gasteiger partial charge in [-0.3, -0.25) is 9.59 Å². The van der Waals surface area contributed by atoms with E-state index in [1.165, 1.54) is 14.1 Å². The van der Waals surface area contributed by atoms with Crippen LogP contribution in [0.15, 0.2) is 0 Å². The van der Waals surface area contributed by atoms with E-state index in [4.69, 9.17) is 9.84 Å². The Labute approximate surface area is 88.6 Å². The van der Waals surface area contributed by atoms with E-state index in [0.717, 1.165) is 0 Å². The topological polar surface area (TPSA) is 83.8 Å². The monoisotopic (exact) mass is 220 g/mol. The van der Waals surface area contributed by atoms with Crippen LogP contribution in [0.25, 0.3) is 0 Å². The van der Waals surface area contributed by atoms with E-state index >= 15 is 0 Å². The number of esters is 1. The van der Waals surface area contributed by atoms with Gasteiger partial charge in [-0.15, -0.1) is 0 Å². The molecule has 88 valence electrons. The number of carboxylic acid groups (broad SMARTS) is 1. The highest BCUT2D eigenvalue weighted by atomic mass is 16.6. The van der Waals surface area contributed by atoms with Gasteiger partial charge in [0.2, 0.25) is 0 Å². The van der Waals surface area contributed by atoms with Gasteiger partial charge in [0.15, 0.2) is 6.10 Å². The lowest BCUT2D eigenvalue weighted by Crippen LogP contribution is -2.44. The highest BCUT2D eigenvalue weighted by Gasteiger charge is 2.25. The second-order valence-electron chi connectivity index (χ2n) is 3.87. The molecule has 0 aromatic heterocycles. The third-order valence-electron chi connectivity index (χ3n) is 1.64. The highest BCUT2D eigenvalue weighted by Crippen LogP contribution is 2.05. The van der Waals surface area contributed by atoms with Crippen LogP contribution in [0.4, 0.5) is 0 Å². The molecule has 0 aliphatic carbocycles. The van der Waals surface area contributed by atoms with Gasteiger partial charge in [-0.05, 0) is 0 Å². The molecule has 0 bridgehead atoms. The van der Waals surface area contributed by atoms with E-state index in [2.05, 4.69) is 0 Å². The van der Waals surface area contributed by atoms with Crippen molar-refractivity contribution in [2.24, 2.45) is 0 Å². The molecule has 0 fully saturated rings. The first-order valence-corrected chi connectivity index (χ1v) is 4.71. The molecule has 0 aliphatic rings. The first-order chi connectivity index (χ1) is 6.74. The first kappa shape index (κ1) is 13.9. The molecule has 1 atom stereocenters. The first-order valence-electron chi connectivity index (χ1n) is 4.71. The van der Waals surface area contributed by atoms with Crippen molar-refractivity contribution < 1.29 is 29.3 Å². The largest absolute Gasteiger partial charge is 0.481 e. The number of hydrogen-bond donors (Lipinski definition) is 2. The number of nitrogens with zero attached hydrogens (tertiary/aromatic N) is 1. The van der Waals surface area contributed by atoms with Gasteiger partial charge < -0.3 is 9.84 Å². The molecule has 0 heterocycles. The average Bonchev–Trinajstić information content (AvgIpc) is 1.99. The summed E-state index contributed by atoms with van der Waals surface area (Å²) in [5, 5.41) is 18.0. The zero-order valence-corrected chi connectivity index (χ0v) is 9.27. The van der Waals surface area contributed by atoms with Crippen molar-refractivity contribution in [2.75, 3.05) is 20.6 Å². The molecule has 1 unspecified atom stereocenters. The fourth-order valence-electron chi connectivity index (χ4n) is 1.11. The molecule has 6 heteroatoms. The van der Waals surface area contributed by atoms with Crippen molar-refractivity contribution in [1.29, 1.82) is 0 Å². The smallest absolute Gasteiger partial charge is 0.307 e. The molecule has 0 radical (unpaired) electrons. The number of carboxylic acids is 1. The van der Waals surface area contributed by atoms with Crippen LogP contribution < -0.4 is 0 Å². The van der Waals surface area contributed by atoms with E-state index in [-0.39, 0.29) is 19.4 Å². The second kappa shape index (κ2) is 5.67. The van der Waals surface area contributed by atoms with Crippen LogP contribution in [-0.4, -0.2) is 53.6 Å². The van der Waals surface area contributed by atoms with Crippen LogP contribution in [0.3, 0.4) is 0 Å². The van der Waals surface area contributed by atoms with E-state index in [1.807, 2.05) is 0 Å². The Morgan fingerprint density at radius 3 is 2.27 bits per heavy atom. The lowest BCUT2D eigenvalue weighted by Gasteiger charge is -2.24. The van der Waals surface area contributed by atoms with Gasteiger partial charge in [-0.1, -0.05) is 6.92 Å². The van der Waals surface area contributed by atoms with Gasteiger partial charge in [-0.25, -0.2) is 5.21 Å². The van der Waals surface area contributed by atoms with Crippen LogP contribution in [0.1, 0.15) is 19.8 Å². The predicted octanol–water partition coefficient (Wildman–Crippen LogP) is 0.249. The zero-order chi connectivity index (χ0) is 12.1. The van der Waals surface area contributed by atoms with Crippen molar-refractivity contribution in [3.63, 3.8) is 0 Å². The molecule has 0 rings (SSSR count). The summed E-state index contributed by atoms with van der Waals surface area (Å²) in [5.41, 5.74) is 0. The summed E-state index contributed by atoms with van der Waals surface area (Å²) in [7, 11) is 2.96. The second-order valence-corrected chi connectivity index (χ2v) is 3.87. The maximum absolute atomic E-state index is 11.0. The van der Waals surface area contributed by atoms with Crippen molar-refractivity contribution in [2.45, 2.75) is 25.9 Å². The Balaban J connectivity index is 4.31. The zero-order valence-electron chi connectivity index (χ0n) is 9.27. The normalized spacial score (nSPS) is 13.3. The SMILES string of the molecule is CCC(=O)OC(CC(=O)O)C[N+](C)(C)O. The summed E-state index contributed by atoms with van der Waals surface area (Å²) in [6.45, 7) is 1.68.